The molecule has 0 aromatic heterocycles. The molecule has 7 rings (SSSR count). The molecule has 2 amide bonds. The fraction of sp³-hybridized carbons (Fsp3) is 0.763. The van der Waals surface area contributed by atoms with Gasteiger partial charge in [-0.15, -0.1) is 0 Å². The molecule has 47 heavy (non-hydrogen) atoms. The van der Waals surface area contributed by atoms with Crippen LogP contribution in [-0.2, 0) is 25.5 Å². The number of carbonyl (C=O) groups is 3. The third-order valence-corrected chi connectivity index (χ3v) is 14.5. The molecule has 6 aliphatic rings. The van der Waals surface area contributed by atoms with Crippen molar-refractivity contribution in [3.05, 3.63) is 23.8 Å². The number of piperidine rings is 1. The van der Waals surface area contributed by atoms with Crippen LogP contribution in [0.2, 0.25) is 0 Å². The highest BCUT2D eigenvalue weighted by atomic mass is 16.5. The molecule has 4 aliphatic carbocycles. The van der Waals surface area contributed by atoms with E-state index >= 15 is 0 Å². The Morgan fingerprint density at radius 2 is 1.81 bits per heavy atom. The summed E-state index contributed by atoms with van der Waals surface area (Å²) in [5.41, 5.74) is 0.306. The van der Waals surface area contributed by atoms with E-state index in [2.05, 4.69) is 43.6 Å². The monoisotopic (exact) mass is 649 g/mol. The third kappa shape index (κ3) is 5.48. The van der Waals surface area contributed by atoms with Gasteiger partial charge < -0.3 is 25.6 Å². The predicted molar refractivity (Wildman–Crippen MR) is 177 cm³/mol. The first-order chi connectivity index (χ1) is 22.3. The average molecular weight is 650 g/mol. The number of ether oxygens (including phenoxy) is 1. The third-order valence-electron chi connectivity index (χ3n) is 14.5. The fourth-order valence-corrected chi connectivity index (χ4v) is 11.8. The van der Waals surface area contributed by atoms with Gasteiger partial charge in [-0.3, -0.25) is 19.7 Å². The molecule has 258 valence electrons. The highest BCUT2D eigenvalue weighted by Gasteiger charge is 2.71. The number of phenols is 2. The second-order valence-electron chi connectivity index (χ2n) is 16.8. The molecule has 0 bridgehead atoms. The zero-order chi connectivity index (χ0) is 33.3. The van der Waals surface area contributed by atoms with E-state index in [1.165, 1.54) is 18.6 Å². The topological polar surface area (TPSA) is 137 Å². The molecule has 1 unspecified atom stereocenters. The summed E-state index contributed by atoms with van der Waals surface area (Å²) >= 11 is 0. The maximum Gasteiger partial charge on any atom is 0.229 e. The van der Waals surface area contributed by atoms with Crippen molar-refractivity contribution in [1.82, 2.24) is 16.0 Å². The highest BCUT2D eigenvalue weighted by Crippen LogP contribution is 2.70. The van der Waals surface area contributed by atoms with Crippen LogP contribution in [0.25, 0.3) is 0 Å². The number of hydrogen-bond donors (Lipinski definition) is 5. The van der Waals surface area contributed by atoms with Gasteiger partial charge in [0, 0.05) is 42.8 Å². The molecule has 0 radical (unpaired) electrons. The van der Waals surface area contributed by atoms with Crippen molar-refractivity contribution in [3.8, 4) is 11.5 Å². The fourth-order valence-electron chi connectivity index (χ4n) is 11.8. The molecule has 1 aromatic carbocycles. The molecule has 5 N–H and O–H groups in total. The van der Waals surface area contributed by atoms with Gasteiger partial charge in [-0.1, -0.05) is 33.8 Å². The summed E-state index contributed by atoms with van der Waals surface area (Å²) in [6.07, 6.45) is 9.41. The van der Waals surface area contributed by atoms with Crippen LogP contribution >= 0.6 is 0 Å². The van der Waals surface area contributed by atoms with E-state index in [0.29, 0.717) is 60.7 Å². The van der Waals surface area contributed by atoms with Crippen LogP contribution in [0, 0.1) is 52.3 Å². The Balaban J connectivity index is 0.936. The van der Waals surface area contributed by atoms with Crippen molar-refractivity contribution >= 4 is 17.6 Å². The molecule has 2 saturated heterocycles. The lowest BCUT2D eigenvalue weighted by molar-refractivity contribution is -0.160. The number of hydrogen-bond acceptors (Lipinski definition) is 7. The number of Topliss-reactive ketones (excluding diaryl/α,β-unsaturated/α-hetero) is 1. The van der Waals surface area contributed by atoms with E-state index in [1.807, 2.05) is 0 Å². The number of rotatable bonds is 6. The smallest absolute Gasteiger partial charge is 0.229 e. The van der Waals surface area contributed by atoms with E-state index in [4.69, 9.17) is 4.74 Å². The molecule has 9 nitrogen and oxygen atoms in total. The number of nitrogens with one attached hydrogen (secondary N) is 3. The van der Waals surface area contributed by atoms with Crippen LogP contribution in [-0.4, -0.2) is 58.8 Å². The van der Waals surface area contributed by atoms with Crippen LogP contribution < -0.4 is 16.0 Å². The average Bonchev–Trinajstić information content (AvgIpc) is 3.47. The van der Waals surface area contributed by atoms with Crippen molar-refractivity contribution in [3.63, 3.8) is 0 Å². The van der Waals surface area contributed by atoms with Crippen LogP contribution in [0.4, 0.5) is 0 Å². The van der Waals surface area contributed by atoms with Crippen LogP contribution in [0.15, 0.2) is 18.2 Å². The number of phenolic OH excluding ortho intramolecular Hbond substituents is 2. The van der Waals surface area contributed by atoms with Gasteiger partial charge in [-0.25, -0.2) is 0 Å². The number of benzene rings is 1. The van der Waals surface area contributed by atoms with E-state index in [-0.39, 0.29) is 64.4 Å². The SMILES string of the molecule is C[C@H]1CC[C@@]2(NC1)O[C@H]1C[C@H]3[C@@H]4CC[C@@H]5CC(NC(=O)CC(=O)NCCc6ccc(O)c(O)c6)CC[C@]5(C)[C@H]4CC(=O)[C@]3(C)[C@H]1[C@@H]2C. The van der Waals surface area contributed by atoms with Gasteiger partial charge in [0.2, 0.25) is 11.8 Å². The van der Waals surface area contributed by atoms with Crippen LogP contribution in [0.3, 0.4) is 0 Å². The predicted octanol–water partition coefficient (Wildman–Crippen LogP) is 4.83. The van der Waals surface area contributed by atoms with Gasteiger partial charge in [0.1, 0.15) is 17.9 Å². The van der Waals surface area contributed by atoms with E-state index in [9.17, 15) is 24.6 Å². The Bertz CT molecular complexity index is 1410. The van der Waals surface area contributed by atoms with Gasteiger partial charge >= 0.3 is 0 Å². The highest BCUT2D eigenvalue weighted by molar-refractivity contribution is 5.97. The molecule has 2 heterocycles. The summed E-state index contributed by atoms with van der Waals surface area (Å²) in [5.74, 6) is 2.61. The summed E-state index contributed by atoms with van der Waals surface area (Å²) in [4.78, 5) is 39.7. The van der Waals surface area contributed by atoms with E-state index in [0.717, 1.165) is 57.1 Å². The molecule has 2 aliphatic heterocycles. The van der Waals surface area contributed by atoms with Crippen molar-refractivity contribution in [2.75, 3.05) is 13.1 Å². The molecule has 6 fully saturated rings. The van der Waals surface area contributed by atoms with Crippen LogP contribution in [0.5, 0.6) is 11.5 Å². The Morgan fingerprint density at radius 3 is 2.55 bits per heavy atom. The summed E-state index contributed by atoms with van der Waals surface area (Å²) in [6, 6.07) is 4.63. The Kier molecular flexibility index (Phi) is 8.42. The summed E-state index contributed by atoms with van der Waals surface area (Å²) in [7, 11) is 0. The van der Waals surface area contributed by atoms with Gasteiger partial charge in [-0.05, 0) is 110 Å². The minimum Gasteiger partial charge on any atom is -0.504 e. The van der Waals surface area contributed by atoms with Gasteiger partial charge in [-0.2, -0.15) is 0 Å². The number of carbonyl (C=O) groups excluding carboxylic acids is 3. The van der Waals surface area contributed by atoms with Crippen molar-refractivity contribution in [2.24, 2.45) is 52.3 Å². The maximum atomic E-state index is 14.4. The molecule has 12 atom stereocenters. The minimum atomic E-state index is -0.324. The zero-order valence-electron chi connectivity index (χ0n) is 28.6. The largest absolute Gasteiger partial charge is 0.504 e. The molecule has 1 spiro atoms. The molecular formula is C38H55N3O6. The normalized spacial score (nSPS) is 43.8. The lowest BCUT2D eigenvalue weighted by Gasteiger charge is -2.60. The lowest BCUT2D eigenvalue weighted by Crippen LogP contribution is -2.60. The van der Waals surface area contributed by atoms with Crippen molar-refractivity contribution in [1.29, 1.82) is 0 Å². The maximum absolute atomic E-state index is 14.4. The van der Waals surface area contributed by atoms with Crippen molar-refractivity contribution in [2.45, 2.75) is 116 Å². The molecule has 4 saturated carbocycles. The van der Waals surface area contributed by atoms with E-state index < -0.39 is 0 Å². The van der Waals surface area contributed by atoms with Gasteiger partial charge in [0.25, 0.3) is 0 Å². The number of amides is 2. The molecule has 1 aromatic rings. The number of ketones is 1. The first-order valence-electron chi connectivity index (χ1n) is 18.4. The first-order valence-corrected chi connectivity index (χ1v) is 18.4. The second-order valence-corrected chi connectivity index (χ2v) is 16.8. The molecule has 9 heteroatoms. The first kappa shape index (κ1) is 32.9. The van der Waals surface area contributed by atoms with Crippen molar-refractivity contribution < 1.29 is 29.3 Å². The lowest BCUT2D eigenvalue weighted by atomic mass is 9.44. The second kappa shape index (κ2) is 12.0. The summed E-state index contributed by atoms with van der Waals surface area (Å²) < 4.78 is 6.97. The quantitative estimate of drug-likeness (QED) is 0.220. The van der Waals surface area contributed by atoms with E-state index in [1.54, 1.807) is 6.07 Å². The zero-order valence-corrected chi connectivity index (χ0v) is 28.6. The Morgan fingerprint density at radius 1 is 1.00 bits per heavy atom. The number of fused-ring (bicyclic) bond motifs is 7. The van der Waals surface area contributed by atoms with Crippen LogP contribution in [0.1, 0.15) is 97.5 Å². The summed E-state index contributed by atoms with van der Waals surface area (Å²) in [5, 5.41) is 28.9. The minimum absolute atomic E-state index is 0.0523. The standard InChI is InChI=1S/C38H55N3O6/c1-21-9-13-38(40-20-21)22(2)35-31(47-38)17-28-26-7-6-24-16-25(10-12-36(24,3)27(26)18-32(44)37(28,35)4)41-34(46)19-33(45)39-14-11-23-5-8-29(42)30(43)15-23/h5,8,15,21-22,24-28,31,35,40,42-43H,6-7,9-14,16-20H2,1-4H3,(H,39,45)(H,41,46)/t21-,22-,24+,25?,26+,27-,28-,31-,35-,36-,37+,38+/m0/s1. The summed E-state index contributed by atoms with van der Waals surface area (Å²) in [6.45, 7) is 10.7. The van der Waals surface area contributed by atoms with Gasteiger partial charge in [0.05, 0.1) is 6.10 Å². The Hall–Kier alpha value is -2.65. The van der Waals surface area contributed by atoms with Gasteiger partial charge in [0.15, 0.2) is 11.5 Å². The number of aromatic hydroxyl groups is 2. The molecular weight excluding hydrogens is 594 g/mol. The Labute approximate surface area is 279 Å².